The van der Waals surface area contributed by atoms with E-state index < -0.39 is 0 Å². The van der Waals surface area contributed by atoms with Gasteiger partial charge in [-0.3, -0.25) is 0 Å². The number of benzene rings is 1. The Morgan fingerprint density at radius 2 is 1.93 bits per heavy atom. The topological polar surface area (TPSA) is 20.2 Å². The molecule has 0 radical (unpaired) electrons. The molecule has 0 atom stereocenters. The molecule has 1 heteroatoms. The second-order valence-electron chi connectivity index (χ2n) is 4.77. The van der Waals surface area contributed by atoms with Crippen molar-refractivity contribution in [1.29, 1.82) is 0 Å². The molecule has 1 N–H and O–H groups in total. The predicted molar refractivity (Wildman–Crippen MR) is 63.1 cm³/mol. The summed E-state index contributed by atoms with van der Waals surface area (Å²) in [5.74, 6) is 1.29. The van der Waals surface area contributed by atoms with E-state index in [4.69, 9.17) is 0 Å². The van der Waals surface area contributed by atoms with Crippen LogP contribution in [0.3, 0.4) is 0 Å². The fourth-order valence-electron chi connectivity index (χ4n) is 2.59. The molecule has 2 rings (SSSR count). The Hall–Kier alpha value is -0.980. The van der Waals surface area contributed by atoms with Crippen LogP contribution < -0.4 is 0 Å². The van der Waals surface area contributed by atoms with Gasteiger partial charge in [0, 0.05) is 0 Å². The molecule has 0 aromatic heterocycles. The number of hydrogen-bond acceptors (Lipinski definition) is 1. The fourth-order valence-corrected chi connectivity index (χ4v) is 2.59. The van der Waals surface area contributed by atoms with Gasteiger partial charge in [0.1, 0.15) is 5.75 Å². The summed E-state index contributed by atoms with van der Waals surface area (Å²) in [6.45, 7) is 2.02. The summed E-state index contributed by atoms with van der Waals surface area (Å²) in [6.07, 6.45) is 8.09. The third-order valence-corrected chi connectivity index (χ3v) is 3.65. The van der Waals surface area contributed by atoms with Gasteiger partial charge >= 0.3 is 0 Å². The molecule has 1 aliphatic carbocycles. The molecule has 0 spiro atoms. The molecule has 0 saturated heterocycles. The largest absolute Gasteiger partial charge is 0.508 e. The lowest BCUT2D eigenvalue weighted by Crippen LogP contribution is -2.09. The molecule has 0 aliphatic heterocycles. The average Bonchev–Trinajstić information content (AvgIpc) is 2.26. The van der Waals surface area contributed by atoms with E-state index in [1.165, 1.54) is 37.7 Å². The Labute approximate surface area is 92.1 Å². The minimum atomic E-state index is 0.448. The highest BCUT2D eigenvalue weighted by Crippen LogP contribution is 2.29. The first-order valence-corrected chi connectivity index (χ1v) is 6.05. The van der Waals surface area contributed by atoms with Gasteiger partial charge in [0.15, 0.2) is 0 Å². The van der Waals surface area contributed by atoms with E-state index in [2.05, 4.69) is 6.07 Å². The second kappa shape index (κ2) is 4.69. The van der Waals surface area contributed by atoms with Crippen LogP contribution in [0.2, 0.25) is 0 Å². The average molecular weight is 204 g/mol. The Bertz CT molecular complexity index is 324. The molecule has 82 valence electrons. The molecule has 1 aliphatic rings. The normalized spacial score (nSPS) is 17.9. The summed E-state index contributed by atoms with van der Waals surface area (Å²) in [4.78, 5) is 0. The van der Waals surface area contributed by atoms with E-state index in [1.54, 1.807) is 6.07 Å². The van der Waals surface area contributed by atoms with Crippen LogP contribution in [-0.4, -0.2) is 5.11 Å². The highest BCUT2D eigenvalue weighted by atomic mass is 16.3. The molecule has 1 aromatic rings. The second-order valence-corrected chi connectivity index (χ2v) is 4.77. The van der Waals surface area contributed by atoms with Crippen LogP contribution in [-0.2, 0) is 6.42 Å². The highest BCUT2D eigenvalue weighted by molar-refractivity contribution is 5.38. The van der Waals surface area contributed by atoms with Gasteiger partial charge in [0.05, 0.1) is 0 Å². The zero-order chi connectivity index (χ0) is 10.7. The van der Waals surface area contributed by atoms with Gasteiger partial charge in [0.2, 0.25) is 0 Å². The van der Waals surface area contributed by atoms with Crippen LogP contribution in [0, 0.1) is 12.8 Å². The predicted octanol–water partition coefficient (Wildman–Crippen LogP) is 3.82. The zero-order valence-corrected chi connectivity index (χ0v) is 9.50. The third-order valence-electron chi connectivity index (χ3n) is 3.65. The van der Waals surface area contributed by atoms with E-state index in [9.17, 15) is 5.11 Å². The number of aromatic hydroxyl groups is 1. The van der Waals surface area contributed by atoms with Gasteiger partial charge in [-0.1, -0.05) is 44.2 Å². The maximum absolute atomic E-state index is 9.63. The van der Waals surface area contributed by atoms with Crippen LogP contribution in [0.25, 0.3) is 0 Å². The van der Waals surface area contributed by atoms with Crippen LogP contribution in [0.4, 0.5) is 0 Å². The van der Waals surface area contributed by atoms with E-state index in [0.717, 1.165) is 17.9 Å². The number of phenolic OH excluding ortho intramolecular Hbond substituents is 1. The molecule has 0 amide bonds. The minimum Gasteiger partial charge on any atom is -0.508 e. The first-order chi connectivity index (χ1) is 7.27. The minimum absolute atomic E-state index is 0.448. The Kier molecular flexibility index (Phi) is 3.30. The van der Waals surface area contributed by atoms with E-state index >= 15 is 0 Å². The summed E-state index contributed by atoms with van der Waals surface area (Å²) in [5.41, 5.74) is 2.41. The van der Waals surface area contributed by atoms with Crippen LogP contribution in [0.1, 0.15) is 43.2 Å². The van der Waals surface area contributed by atoms with Crippen molar-refractivity contribution < 1.29 is 5.11 Å². The third kappa shape index (κ3) is 2.53. The van der Waals surface area contributed by atoms with Crippen LogP contribution in [0.15, 0.2) is 18.2 Å². The monoisotopic (exact) mass is 204 g/mol. The lowest BCUT2D eigenvalue weighted by molar-refractivity contribution is 0.355. The van der Waals surface area contributed by atoms with Crippen molar-refractivity contribution in [2.24, 2.45) is 5.92 Å². The molecule has 1 nitrogen and oxygen atoms in total. The summed E-state index contributed by atoms with van der Waals surface area (Å²) in [7, 11) is 0. The van der Waals surface area contributed by atoms with Crippen LogP contribution in [0.5, 0.6) is 5.75 Å². The van der Waals surface area contributed by atoms with E-state index in [0.29, 0.717) is 5.75 Å². The number of rotatable bonds is 2. The smallest absolute Gasteiger partial charge is 0.118 e. The summed E-state index contributed by atoms with van der Waals surface area (Å²) >= 11 is 0. The van der Waals surface area contributed by atoms with Crippen molar-refractivity contribution in [2.45, 2.75) is 45.4 Å². The summed E-state index contributed by atoms with van der Waals surface area (Å²) < 4.78 is 0. The van der Waals surface area contributed by atoms with Crippen molar-refractivity contribution in [3.8, 4) is 5.75 Å². The summed E-state index contributed by atoms with van der Waals surface area (Å²) in [5, 5.41) is 9.63. The maximum Gasteiger partial charge on any atom is 0.118 e. The molecule has 0 heterocycles. The standard InChI is InChI=1S/C14H20O/c1-11-13(8-5-9-14(11)15)10-12-6-3-2-4-7-12/h5,8-9,12,15H,2-4,6-7,10H2,1H3. The molecule has 15 heavy (non-hydrogen) atoms. The van der Waals surface area contributed by atoms with Crippen molar-refractivity contribution in [1.82, 2.24) is 0 Å². The van der Waals surface area contributed by atoms with E-state index in [-0.39, 0.29) is 0 Å². The van der Waals surface area contributed by atoms with Crippen molar-refractivity contribution in [3.05, 3.63) is 29.3 Å². The number of phenols is 1. The van der Waals surface area contributed by atoms with Gasteiger partial charge in [-0.2, -0.15) is 0 Å². The van der Waals surface area contributed by atoms with Crippen LogP contribution >= 0.6 is 0 Å². The van der Waals surface area contributed by atoms with Gasteiger partial charge in [-0.25, -0.2) is 0 Å². The van der Waals surface area contributed by atoms with E-state index in [1.807, 2.05) is 13.0 Å². The Morgan fingerprint density at radius 3 is 2.67 bits per heavy atom. The number of hydrogen-bond donors (Lipinski definition) is 1. The zero-order valence-electron chi connectivity index (χ0n) is 9.50. The van der Waals surface area contributed by atoms with Crippen molar-refractivity contribution >= 4 is 0 Å². The quantitative estimate of drug-likeness (QED) is 0.776. The van der Waals surface area contributed by atoms with Gasteiger partial charge in [-0.15, -0.1) is 0 Å². The summed E-state index contributed by atoms with van der Waals surface area (Å²) in [6, 6.07) is 5.89. The van der Waals surface area contributed by atoms with Gasteiger partial charge in [0.25, 0.3) is 0 Å². The fraction of sp³-hybridized carbons (Fsp3) is 0.571. The van der Waals surface area contributed by atoms with Crippen molar-refractivity contribution in [2.75, 3.05) is 0 Å². The van der Waals surface area contributed by atoms with Crippen molar-refractivity contribution in [3.63, 3.8) is 0 Å². The molecule has 1 fully saturated rings. The Balaban J connectivity index is 2.06. The molecular formula is C14H20O. The highest BCUT2D eigenvalue weighted by Gasteiger charge is 2.15. The first-order valence-electron chi connectivity index (χ1n) is 6.05. The maximum atomic E-state index is 9.63. The van der Waals surface area contributed by atoms with Gasteiger partial charge < -0.3 is 5.11 Å². The lowest BCUT2D eigenvalue weighted by atomic mass is 9.84. The SMILES string of the molecule is Cc1c(O)cccc1CC1CCCCC1. The Morgan fingerprint density at radius 1 is 1.20 bits per heavy atom. The molecule has 1 saturated carbocycles. The molecular weight excluding hydrogens is 184 g/mol. The molecule has 0 bridgehead atoms. The van der Waals surface area contributed by atoms with Gasteiger partial charge in [-0.05, 0) is 36.5 Å². The lowest BCUT2D eigenvalue weighted by Gasteiger charge is -2.22. The molecule has 1 aromatic carbocycles. The first kappa shape index (κ1) is 10.5. The molecule has 0 unspecified atom stereocenters.